The van der Waals surface area contributed by atoms with Gasteiger partial charge in [0.05, 0.1) is 64.4 Å². The molecule has 0 radical (unpaired) electrons. The molecule has 3 fully saturated rings. The quantitative estimate of drug-likeness (QED) is 0.0438. The lowest BCUT2D eigenvalue weighted by Crippen LogP contribution is -2.34. The highest BCUT2D eigenvalue weighted by atomic mass is 31.2. The standard InChI is InChI=1S/C41H53N9O21P2/c1-22-16-48(39(57)45-36(22)54)32-13-25(69-35(53)8-7-31(52)44-4)29(67-32)20-64-73(61,63-12-6-10-43)71-27-15-34(50-18-24(3)38(56)47-41(50)59)68-30(27)21-65-72(60,62-11-5-9-42)70-26-14-33(66-28(26)19-51)49-17-23(2)37(55)46-40(49)58/h16-18,25-30,32-34,51H,5-8,11-15,19-21H2,1-4H3,(H,44,52)(H,45,54,57)(H,46,55,58)(H,47,56,59)/t25?,26?,27?,28-,29-,30-,32-,33-,34-,72?,73?/m0/s1. The summed E-state index contributed by atoms with van der Waals surface area (Å²) >= 11 is 0. The number of H-pyrrole nitrogens is 3. The number of esters is 1. The van der Waals surface area contributed by atoms with E-state index in [-0.39, 0.29) is 55.2 Å². The van der Waals surface area contributed by atoms with Crippen molar-refractivity contribution in [1.82, 2.24) is 34.0 Å². The lowest BCUT2D eigenvalue weighted by molar-refractivity contribution is -0.154. The minimum absolute atomic E-state index is 0.0749. The third-order valence-corrected chi connectivity index (χ3v) is 14.4. The highest BCUT2D eigenvalue weighted by molar-refractivity contribution is 7.48. The first-order valence-electron chi connectivity index (χ1n) is 22.5. The number of aryl methyl sites for hydroxylation is 3. The third-order valence-electron chi connectivity index (χ3n) is 11.5. The molecule has 0 spiro atoms. The van der Waals surface area contributed by atoms with Gasteiger partial charge in [-0.15, -0.1) is 0 Å². The van der Waals surface area contributed by atoms with Gasteiger partial charge in [0.1, 0.15) is 55.3 Å². The summed E-state index contributed by atoms with van der Waals surface area (Å²) in [6.07, 6.45) is -10.4. The normalized spacial score (nSPS) is 25.3. The van der Waals surface area contributed by atoms with Crippen molar-refractivity contribution in [2.45, 2.75) is 121 Å². The smallest absolute Gasteiger partial charge is 0.459 e. The molecular weight excluding hydrogens is 1020 g/mol. The van der Waals surface area contributed by atoms with Gasteiger partial charge < -0.3 is 29.4 Å². The van der Waals surface area contributed by atoms with E-state index in [1.54, 1.807) is 0 Å². The number of hydrogen-bond acceptors (Lipinski definition) is 23. The number of aromatic amines is 3. The van der Waals surface area contributed by atoms with Crippen molar-refractivity contribution in [3.05, 3.63) is 97.8 Å². The molecule has 6 rings (SSSR count). The Balaban J connectivity index is 1.28. The minimum Gasteiger partial charge on any atom is -0.459 e. The second kappa shape index (κ2) is 24.8. The SMILES string of the molecule is CNC(=O)CCC(=O)OC1C[C@@H](n2cc(C)c(=O)[nH]c2=O)O[C@H]1COP(=O)(OCCC#N)OC1C[C@@H](n2cc(C)c(=O)[nH]c2=O)O[C@H]1COP(=O)(OCCC#N)OC1C[C@@H](n2cc(C)c(=O)[nH]c2=O)O[C@H]1CO. The molecule has 32 heteroatoms. The number of nitriles is 2. The van der Waals surface area contributed by atoms with Crippen molar-refractivity contribution in [3.63, 3.8) is 0 Å². The second-order valence-corrected chi connectivity index (χ2v) is 19.9. The van der Waals surface area contributed by atoms with Crippen molar-refractivity contribution in [3.8, 4) is 12.1 Å². The summed E-state index contributed by atoms with van der Waals surface area (Å²) in [6, 6.07) is 3.63. The number of hydrogen-bond donors (Lipinski definition) is 5. The van der Waals surface area contributed by atoms with E-state index in [2.05, 4.69) is 20.3 Å². The average Bonchev–Trinajstić information content (AvgIpc) is 4.06. The zero-order valence-electron chi connectivity index (χ0n) is 39.7. The van der Waals surface area contributed by atoms with Gasteiger partial charge in [0.2, 0.25) is 5.91 Å². The Morgan fingerprint density at radius 2 is 1.04 bits per heavy atom. The van der Waals surface area contributed by atoms with Crippen LogP contribution in [-0.2, 0) is 64.8 Å². The van der Waals surface area contributed by atoms with Crippen LogP contribution < -0.4 is 39.1 Å². The van der Waals surface area contributed by atoms with Crippen LogP contribution in [0.15, 0.2) is 47.4 Å². The number of amides is 1. The summed E-state index contributed by atoms with van der Waals surface area (Å²) < 4.78 is 90.4. The van der Waals surface area contributed by atoms with Gasteiger partial charge in [-0.1, -0.05) is 0 Å². The van der Waals surface area contributed by atoms with Crippen LogP contribution in [0.25, 0.3) is 0 Å². The molecule has 30 nitrogen and oxygen atoms in total. The Morgan fingerprint density at radius 3 is 1.44 bits per heavy atom. The number of carbonyl (C=O) groups excluding carboxylic acids is 2. The summed E-state index contributed by atoms with van der Waals surface area (Å²) in [4.78, 5) is 106. The van der Waals surface area contributed by atoms with E-state index in [4.69, 9.17) is 46.1 Å². The fraction of sp³-hybridized carbons (Fsp3) is 0.610. The van der Waals surface area contributed by atoms with Gasteiger partial charge >= 0.3 is 38.7 Å². The van der Waals surface area contributed by atoms with Crippen LogP contribution in [0.5, 0.6) is 0 Å². The van der Waals surface area contributed by atoms with Gasteiger partial charge in [-0.2, -0.15) is 10.5 Å². The number of phosphoric ester groups is 2. The molecule has 73 heavy (non-hydrogen) atoms. The summed E-state index contributed by atoms with van der Waals surface area (Å²) in [5, 5.41) is 31.2. The maximum atomic E-state index is 14.8. The maximum Gasteiger partial charge on any atom is 0.475 e. The van der Waals surface area contributed by atoms with Crippen LogP contribution in [0, 0.1) is 43.4 Å². The molecule has 3 aliphatic rings. The van der Waals surface area contributed by atoms with Gasteiger partial charge in [0, 0.05) is 68.0 Å². The van der Waals surface area contributed by atoms with Gasteiger partial charge in [0.15, 0.2) is 0 Å². The molecule has 3 aromatic rings. The first-order valence-corrected chi connectivity index (χ1v) is 25.4. The molecule has 0 saturated carbocycles. The maximum absolute atomic E-state index is 14.8. The molecule has 3 aliphatic heterocycles. The van der Waals surface area contributed by atoms with Crippen molar-refractivity contribution >= 4 is 27.5 Å². The molecule has 0 bridgehead atoms. The highest BCUT2D eigenvalue weighted by Crippen LogP contribution is 2.56. The number of aliphatic hydroxyl groups excluding tert-OH is 1. The van der Waals surface area contributed by atoms with Gasteiger partial charge in [-0.05, 0) is 20.8 Å². The number of carbonyl (C=O) groups is 2. The van der Waals surface area contributed by atoms with Crippen LogP contribution in [0.4, 0.5) is 0 Å². The summed E-state index contributed by atoms with van der Waals surface area (Å²) in [6.45, 7) is 0.860. The second-order valence-electron chi connectivity index (χ2n) is 16.7. The van der Waals surface area contributed by atoms with Crippen LogP contribution >= 0.6 is 15.6 Å². The third kappa shape index (κ3) is 14.4. The number of nitrogens with one attached hydrogen (secondary N) is 4. The number of phosphoric acid groups is 2. The molecule has 3 aromatic heterocycles. The molecule has 0 aliphatic carbocycles. The molecule has 6 heterocycles. The van der Waals surface area contributed by atoms with Crippen molar-refractivity contribution < 1.29 is 69.9 Å². The largest absolute Gasteiger partial charge is 0.475 e. The average molecular weight is 1070 g/mol. The van der Waals surface area contributed by atoms with E-state index in [1.165, 1.54) is 46.4 Å². The monoisotopic (exact) mass is 1070 g/mol. The zero-order valence-corrected chi connectivity index (χ0v) is 41.4. The Bertz CT molecular complexity index is 3050. The topological polar surface area (TPSA) is 405 Å². The minimum atomic E-state index is -4.99. The van der Waals surface area contributed by atoms with E-state index < -0.39 is 156 Å². The lowest BCUT2D eigenvalue weighted by atomic mass is 10.2. The van der Waals surface area contributed by atoms with Crippen molar-refractivity contribution in [2.75, 3.05) is 40.1 Å². The molecule has 3 saturated heterocycles. The van der Waals surface area contributed by atoms with Gasteiger partial charge in [-0.25, -0.2) is 23.5 Å². The molecule has 398 valence electrons. The fourth-order valence-electron chi connectivity index (χ4n) is 7.66. The molecule has 5 N–H and O–H groups in total. The number of aromatic nitrogens is 6. The molecular formula is C41H53N9O21P2. The number of aliphatic hydroxyl groups is 1. The number of ether oxygens (including phenoxy) is 4. The number of rotatable bonds is 24. The fourth-order valence-corrected chi connectivity index (χ4v) is 10.4. The predicted molar refractivity (Wildman–Crippen MR) is 243 cm³/mol. The first-order chi connectivity index (χ1) is 34.7. The van der Waals surface area contributed by atoms with Gasteiger partial charge in [0.25, 0.3) is 16.7 Å². The zero-order chi connectivity index (χ0) is 53.2. The Labute approximate surface area is 412 Å². The molecule has 0 aromatic carbocycles. The molecule has 1 amide bonds. The van der Waals surface area contributed by atoms with E-state index in [0.29, 0.717) is 0 Å². The van der Waals surface area contributed by atoms with E-state index >= 15 is 0 Å². The summed E-state index contributed by atoms with van der Waals surface area (Å²) in [7, 11) is -8.51. The van der Waals surface area contributed by atoms with E-state index in [9.17, 15) is 63.1 Å². The first kappa shape index (κ1) is 56.3. The highest BCUT2D eigenvalue weighted by Gasteiger charge is 2.48. The molecule has 5 unspecified atom stereocenters. The van der Waals surface area contributed by atoms with Gasteiger partial charge in [-0.3, -0.25) is 79.8 Å². The lowest BCUT2D eigenvalue weighted by Gasteiger charge is -2.27. The Kier molecular flexibility index (Phi) is 19.2. The van der Waals surface area contributed by atoms with Crippen molar-refractivity contribution in [1.29, 1.82) is 10.5 Å². The van der Waals surface area contributed by atoms with E-state index in [0.717, 1.165) is 13.7 Å². The van der Waals surface area contributed by atoms with Crippen LogP contribution in [-0.4, -0.2) is 122 Å². The van der Waals surface area contributed by atoms with E-state index in [1.807, 2.05) is 12.1 Å². The predicted octanol–water partition coefficient (Wildman–Crippen LogP) is -0.265. The van der Waals surface area contributed by atoms with Crippen LogP contribution in [0.2, 0.25) is 0 Å². The number of nitrogens with zero attached hydrogens (tertiary/aromatic N) is 5. The Hall–Kier alpha value is -5.98. The summed E-state index contributed by atoms with van der Waals surface area (Å²) in [5.41, 5.74) is -4.35. The Morgan fingerprint density at radius 1 is 0.658 bits per heavy atom. The van der Waals surface area contributed by atoms with Crippen LogP contribution in [0.3, 0.4) is 0 Å². The van der Waals surface area contributed by atoms with Crippen molar-refractivity contribution in [2.24, 2.45) is 0 Å². The van der Waals surface area contributed by atoms with Crippen LogP contribution in [0.1, 0.15) is 80.3 Å². The summed E-state index contributed by atoms with van der Waals surface area (Å²) in [5.74, 6) is -1.32. The molecule has 11 atom stereocenters.